The van der Waals surface area contributed by atoms with Crippen LogP contribution >= 0.6 is 0 Å². The first-order valence-electron chi connectivity index (χ1n) is 8.90. The summed E-state index contributed by atoms with van der Waals surface area (Å²) in [6.07, 6.45) is 10.3. The maximum Gasteiger partial charge on any atom is 0.237 e. The molecule has 0 aromatic rings. The van der Waals surface area contributed by atoms with E-state index in [0.29, 0.717) is 5.92 Å². The lowest BCUT2D eigenvalue weighted by Crippen LogP contribution is -2.51. The monoisotopic (exact) mass is 295 g/mol. The number of carbonyl (C=O) groups is 1. The summed E-state index contributed by atoms with van der Waals surface area (Å²) in [7, 11) is 2.24. The van der Waals surface area contributed by atoms with E-state index < -0.39 is 0 Å². The third-order valence-electron chi connectivity index (χ3n) is 5.24. The number of piperidine rings is 1. The van der Waals surface area contributed by atoms with Crippen LogP contribution in [0, 0.1) is 5.92 Å². The van der Waals surface area contributed by atoms with Crippen LogP contribution in [0.3, 0.4) is 0 Å². The molecule has 1 aliphatic heterocycles. The lowest BCUT2D eigenvalue weighted by molar-refractivity contribution is -0.124. The average molecular weight is 295 g/mol. The third-order valence-corrected chi connectivity index (χ3v) is 5.24. The van der Waals surface area contributed by atoms with Crippen molar-refractivity contribution in [1.82, 2.24) is 15.5 Å². The van der Waals surface area contributed by atoms with Crippen molar-refractivity contribution in [3.63, 3.8) is 0 Å². The van der Waals surface area contributed by atoms with Gasteiger partial charge in [0.25, 0.3) is 0 Å². The quantitative estimate of drug-likeness (QED) is 0.738. The second kappa shape index (κ2) is 8.74. The topological polar surface area (TPSA) is 44.4 Å². The molecule has 0 aromatic carbocycles. The summed E-state index contributed by atoms with van der Waals surface area (Å²) >= 11 is 0. The molecule has 1 amide bonds. The molecule has 1 heterocycles. The predicted octanol–water partition coefficient (Wildman–Crippen LogP) is 2.15. The third kappa shape index (κ3) is 5.26. The van der Waals surface area contributed by atoms with E-state index in [-0.39, 0.29) is 11.9 Å². The Morgan fingerprint density at radius 1 is 1.19 bits per heavy atom. The van der Waals surface area contributed by atoms with Crippen LogP contribution in [0.4, 0.5) is 0 Å². The number of nitrogens with zero attached hydrogens (tertiary/aromatic N) is 1. The second-order valence-corrected chi connectivity index (χ2v) is 6.97. The zero-order valence-corrected chi connectivity index (χ0v) is 13.9. The van der Waals surface area contributed by atoms with Gasteiger partial charge in [0.2, 0.25) is 5.91 Å². The molecule has 0 bridgehead atoms. The van der Waals surface area contributed by atoms with Gasteiger partial charge in [-0.05, 0) is 58.2 Å². The number of amides is 1. The Morgan fingerprint density at radius 3 is 2.67 bits per heavy atom. The largest absolute Gasteiger partial charge is 0.355 e. The summed E-state index contributed by atoms with van der Waals surface area (Å²) in [6, 6.07) is 0.796. The van der Waals surface area contributed by atoms with E-state index in [2.05, 4.69) is 29.5 Å². The molecular weight excluding hydrogens is 262 g/mol. The van der Waals surface area contributed by atoms with Crippen LogP contribution in [0.1, 0.15) is 58.3 Å². The van der Waals surface area contributed by atoms with Crippen molar-refractivity contribution in [3.8, 4) is 0 Å². The molecule has 2 N–H and O–H groups in total. The van der Waals surface area contributed by atoms with Gasteiger partial charge in [0, 0.05) is 12.6 Å². The summed E-state index contributed by atoms with van der Waals surface area (Å²) in [6.45, 7) is 5.06. The number of hydrogen-bond donors (Lipinski definition) is 2. The second-order valence-electron chi connectivity index (χ2n) is 6.97. The lowest BCUT2D eigenvalue weighted by atomic mass is 9.92. The van der Waals surface area contributed by atoms with Crippen molar-refractivity contribution < 1.29 is 4.79 Å². The SMILES string of the molecule is CC1CCCNC1C(=O)NCCCN(C)C1CCCCC1. The lowest BCUT2D eigenvalue weighted by Gasteiger charge is -2.31. The van der Waals surface area contributed by atoms with Crippen LogP contribution in [0.25, 0.3) is 0 Å². The van der Waals surface area contributed by atoms with Crippen molar-refractivity contribution >= 4 is 5.91 Å². The normalized spacial score (nSPS) is 27.8. The Hall–Kier alpha value is -0.610. The molecule has 122 valence electrons. The number of nitrogens with one attached hydrogen (secondary N) is 2. The van der Waals surface area contributed by atoms with Crippen molar-refractivity contribution in [3.05, 3.63) is 0 Å². The predicted molar refractivity (Wildman–Crippen MR) is 87.3 cm³/mol. The van der Waals surface area contributed by atoms with Crippen LogP contribution in [0.2, 0.25) is 0 Å². The highest BCUT2D eigenvalue weighted by molar-refractivity contribution is 5.82. The number of hydrogen-bond acceptors (Lipinski definition) is 3. The van der Waals surface area contributed by atoms with Crippen LogP contribution in [0.5, 0.6) is 0 Å². The summed E-state index contributed by atoms with van der Waals surface area (Å²) in [5.41, 5.74) is 0. The molecule has 0 spiro atoms. The molecule has 2 unspecified atom stereocenters. The number of rotatable bonds is 6. The molecule has 1 saturated heterocycles. The molecule has 1 saturated carbocycles. The van der Waals surface area contributed by atoms with Gasteiger partial charge in [-0.15, -0.1) is 0 Å². The van der Waals surface area contributed by atoms with Crippen molar-refractivity contribution in [2.45, 2.75) is 70.4 Å². The average Bonchev–Trinajstić information content (AvgIpc) is 2.52. The molecule has 4 heteroatoms. The molecule has 1 aliphatic carbocycles. The molecule has 2 aliphatic rings. The first-order chi connectivity index (χ1) is 10.2. The van der Waals surface area contributed by atoms with Crippen LogP contribution in [-0.4, -0.2) is 49.6 Å². The van der Waals surface area contributed by atoms with Crippen molar-refractivity contribution in [2.24, 2.45) is 5.92 Å². The van der Waals surface area contributed by atoms with E-state index in [9.17, 15) is 4.79 Å². The molecule has 2 fully saturated rings. The van der Waals surface area contributed by atoms with Gasteiger partial charge in [-0.1, -0.05) is 26.2 Å². The van der Waals surface area contributed by atoms with E-state index in [0.717, 1.165) is 38.5 Å². The summed E-state index contributed by atoms with van der Waals surface area (Å²) in [5.74, 6) is 0.659. The minimum absolute atomic E-state index is 0.0230. The van der Waals surface area contributed by atoms with E-state index in [1.807, 2.05) is 0 Å². The Bertz CT molecular complexity index is 315. The van der Waals surface area contributed by atoms with Gasteiger partial charge < -0.3 is 15.5 Å². The molecule has 0 aromatic heterocycles. The van der Waals surface area contributed by atoms with E-state index in [4.69, 9.17) is 0 Å². The standard InChI is InChI=1S/C17H33N3O/c1-14-8-6-11-18-16(14)17(21)19-12-7-13-20(2)15-9-4-3-5-10-15/h14-16,18H,3-13H2,1-2H3,(H,19,21). The van der Waals surface area contributed by atoms with Gasteiger partial charge in [0.05, 0.1) is 6.04 Å². The minimum atomic E-state index is 0.0230. The Morgan fingerprint density at radius 2 is 1.95 bits per heavy atom. The molecule has 21 heavy (non-hydrogen) atoms. The van der Waals surface area contributed by atoms with Gasteiger partial charge in [-0.25, -0.2) is 0 Å². The van der Waals surface area contributed by atoms with Gasteiger partial charge >= 0.3 is 0 Å². The highest BCUT2D eigenvalue weighted by Gasteiger charge is 2.26. The van der Waals surface area contributed by atoms with Gasteiger partial charge in [0.1, 0.15) is 0 Å². The Kier molecular flexibility index (Phi) is 6.97. The summed E-state index contributed by atoms with van der Waals surface area (Å²) in [5, 5.41) is 6.46. The fraction of sp³-hybridized carbons (Fsp3) is 0.941. The van der Waals surface area contributed by atoms with Crippen molar-refractivity contribution in [1.29, 1.82) is 0 Å². The van der Waals surface area contributed by atoms with E-state index in [1.165, 1.54) is 38.5 Å². The maximum atomic E-state index is 12.2. The fourth-order valence-corrected chi connectivity index (χ4v) is 3.75. The highest BCUT2D eigenvalue weighted by atomic mass is 16.2. The Balaban J connectivity index is 1.59. The number of carbonyl (C=O) groups excluding carboxylic acids is 1. The zero-order chi connectivity index (χ0) is 15.1. The molecule has 4 nitrogen and oxygen atoms in total. The van der Waals surface area contributed by atoms with Gasteiger partial charge in [0.15, 0.2) is 0 Å². The highest BCUT2D eigenvalue weighted by Crippen LogP contribution is 2.21. The van der Waals surface area contributed by atoms with Gasteiger partial charge in [-0.2, -0.15) is 0 Å². The summed E-state index contributed by atoms with van der Waals surface area (Å²) in [4.78, 5) is 14.7. The van der Waals surface area contributed by atoms with Crippen LogP contribution in [-0.2, 0) is 4.79 Å². The van der Waals surface area contributed by atoms with E-state index >= 15 is 0 Å². The molecule has 0 radical (unpaired) electrons. The summed E-state index contributed by atoms with van der Waals surface area (Å²) < 4.78 is 0. The molecule has 2 atom stereocenters. The smallest absolute Gasteiger partial charge is 0.237 e. The first kappa shape index (κ1) is 16.8. The molecular formula is C17H33N3O. The van der Waals surface area contributed by atoms with Crippen LogP contribution < -0.4 is 10.6 Å². The minimum Gasteiger partial charge on any atom is -0.355 e. The van der Waals surface area contributed by atoms with Crippen LogP contribution in [0.15, 0.2) is 0 Å². The van der Waals surface area contributed by atoms with Crippen molar-refractivity contribution in [2.75, 3.05) is 26.7 Å². The maximum absolute atomic E-state index is 12.2. The first-order valence-corrected chi connectivity index (χ1v) is 8.90. The Labute approximate surface area is 130 Å². The van der Waals surface area contributed by atoms with E-state index in [1.54, 1.807) is 0 Å². The zero-order valence-electron chi connectivity index (χ0n) is 13.9. The van der Waals surface area contributed by atoms with Gasteiger partial charge in [-0.3, -0.25) is 4.79 Å². The fourth-order valence-electron chi connectivity index (χ4n) is 3.75. The molecule has 2 rings (SSSR count).